The zero-order valence-electron chi connectivity index (χ0n) is 8.42. The Morgan fingerprint density at radius 1 is 1.53 bits per heavy atom. The first kappa shape index (κ1) is 10.6. The Kier molecular flexibility index (Phi) is 2.56. The molecule has 0 aromatic heterocycles. The van der Waals surface area contributed by atoms with Crippen LogP contribution in [0.2, 0.25) is 0 Å². The molecule has 0 saturated carbocycles. The van der Waals surface area contributed by atoms with Crippen LogP contribution in [0.4, 0.5) is 0 Å². The summed E-state index contributed by atoms with van der Waals surface area (Å²) in [6.45, 7) is 0.388. The Bertz CT molecular complexity index is 400. The first-order valence-corrected chi connectivity index (χ1v) is 6.62. The molecule has 0 aromatic carbocycles. The second-order valence-corrected chi connectivity index (χ2v) is 5.50. The van der Waals surface area contributed by atoms with Gasteiger partial charge in [-0.25, -0.2) is 0 Å². The Morgan fingerprint density at radius 3 is 2.80 bits per heavy atom. The molecule has 0 N–H and O–H groups in total. The van der Waals surface area contributed by atoms with Crippen LogP contribution in [0.5, 0.6) is 0 Å². The van der Waals surface area contributed by atoms with Crippen molar-refractivity contribution in [1.29, 1.82) is 0 Å². The molecular formula is C9H13NO4S. The Hall–Kier alpha value is -0.880. The van der Waals surface area contributed by atoms with Gasteiger partial charge in [-0.3, -0.25) is 8.98 Å². The van der Waals surface area contributed by atoms with Gasteiger partial charge in [-0.1, -0.05) is 12.2 Å². The van der Waals surface area contributed by atoms with Crippen LogP contribution in [0.3, 0.4) is 0 Å². The molecule has 1 heterocycles. The lowest BCUT2D eigenvalue weighted by atomic mass is 10.1. The lowest BCUT2D eigenvalue weighted by molar-refractivity contribution is -0.131. The summed E-state index contributed by atoms with van der Waals surface area (Å²) in [5, 5.41) is 0. The molecule has 6 heteroatoms. The fourth-order valence-corrected chi connectivity index (χ4v) is 2.41. The van der Waals surface area contributed by atoms with Gasteiger partial charge in [-0.15, -0.1) is 0 Å². The number of hydrogen-bond acceptors (Lipinski definition) is 4. The van der Waals surface area contributed by atoms with Crippen molar-refractivity contribution >= 4 is 16.0 Å². The Morgan fingerprint density at radius 2 is 2.27 bits per heavy atom. The third-order valence-electron chi connectivity index (χ3n) is 2.69. The van der Waals surface area contributed by atoms with Gasteiger partial charge in [0, 0.05) is 6.54 Å². The second kappa shape index (κ2) is 3.61. The normalized spacial score (nSPS) is 29.1. The molecule has 84 valence electrons. The van der Waals surface area contributed by atoms with E-state index < -0.39 is 10.1 Å². The van der Waals surface area contributed by atoms with Gasteiger partial charge < -0.3 is 4.90 Å². The van der Waals surface area contributed by atoms with Crippen LogP contribution in [0, 0.1) is 5.92 Å². The van der Waals surface area contributed by atoms with E-state index in [1.54, 1.807) is 4.90 Å². The van der Waals surface area contributed by atoms with E-state index in [-0.39, 0.29) is 24.5 Å². The predicted molar refractivity (Wildman–Crippen MR) is 53.5 cm³/mol. The molecule has 1 fully saturated rings. The van der Waals surface area contributed by atoms with Crippen molar-refractivity contribution in [1.82, 2.24) is 4.90 Å². The maximum absolute atomic E-state index is 11.6. The number of hydrogen-bond donors (Lipinski definition) is 0. The van der Waals surface area contributed by atoms with Crippen LogP contribution in [0.25, 0.3) is 0 Å². The van der Waals surface area contributed by atoms with Gasteiger partial charge in [-0.05, 0) is 6.42 Å². The fraction of sp³-hybridized carbons (Fsp3) is 0.667. The third kappa shape index (κ3) is 2.21. The van der Waals surface area contributed by atoms with Crippen molar-refractivity contribution in [2.75, 3.05) is 19.4 Å². The van der Waals surface area contributed by atoms with Crippen molar-refractivity contribution in [3.05, 3.63) is 12.2 Å². The average Bonchev–Trinajstić information content (AvgIpc) is 2.66. The minimum absolute atomic E-state index is 0.00762. The zero-order chi connectivity index (χ0) is 11.1. The van der Waals surface area contributed by atoms with Gasteiger partial charge in [0.25, 0.3) is 10.1 Å². The van der Waals surface area contributed by atoms with Crippen LogP contribution in [-0.2, 0) is 19.1 Å². The highest BCUT2D eigenvalue weighted by molar-refractivity contribution is 7.85. The number of carbonyl (C=O) groups is 1. The van der Waals surface area contributed by atoms with E-state index in [1.807, 2.05) is 12.2 Å². The summed E-state index contributed by atoms with van der Waals surface area (Å²) in [6, 6.07) is 0.144. The minimum Gasteiger partial charge on any atom is -0.333 e. The summed E-state index contributed by atoms with van der Waals surface area (Å²) in [4.78, 5) is 13.3. The Labute approximate surface area is 88.8 Å². The summed E-state index contributed by atoms with van der Waals surface area (Å²) in [5.74, 6) is 0.0906. The topological polar surface area (TPSA) is 63.7 Å². The molecule has 2 aliphatic rings. The molecular weight excluding hydrogens is 218 g/mol. The van der Waals surface area contributed by atoms with Gasteiger partial charge >= 0.3 is 0 Å². The summed E-state index contributed by atoms with van der Waals surface area (Å²) < 4.78 is 26.0. The molecule has 0 radical (unpaired) electrons. The molecule has 0 spiro atoms. The maximum atomic E-state index is 11.6. The quantitative estimate of drug-likeness (QED) is 0.494. The van der Waals surface area contributed by atoms with Crippen molar-refractivity contribution in [2.24, 2.45) is 5.92 Å². The van der Waals surface area contributed by atoms with Crippen LogP contribution in [0.1, 0.15) is 6.42 Å². The van der Waals surface area contributed by atoms with Gasteiger partial charge in [0.1, 0.15) is 0 Å². The molecule has 2 atom stereocenters. The number of carbonyl (C=O) groups excluding carboxylic acids is 1. The lowest BCUT2D eigenvalue weighted by Gasteiger charge is -2.23. The largest absolute Gasteiger partial charge is 0.333 e. The van der Waals surface area contributed by atoms with E-state index in [0.717, 1.165) is 12.7 Å². The van der Waals surface area contributed by atoms with Gasteiger partial charge in [-0.2, -0.15) is 8.42 Å². The molecule has 2 bridgehead atoms. The standard InChI is InChI=1S/C9H13NO4S/c1-15(12,13)14-5-4-10-8-3-2-7(6-8)9(10)11/h2-3,7-8H,4-6H2,1H3/t7-,8+/m1/s1. The molecule has 2 rings (SSSR count). The number of nitrogens with zero attached hydrogens (tertiary/aromatic N) is 1. The SMILES string of the molecule is CS(=O)(=O)OCCN1C(=O)[C@@H]2C=C[C@H]1C2. The summed E-state index contributed by atoms with van der Waals surface area (Å²) in [5.41, 5.74) is 0. The summed E-state index contributed by atoms with van der Waals surface area (Å²) in [7, 11) is -3.40. The van der Waals surface area contributed by atoms with Crippen LogP contribution >= 0.6 is 0 Å². The van der Waals surface area contributed by atoms with E-state index in [4.69, 9.17) is 0 Å². The minimum atomic E-state index is -3.40. The van der Waals surface area contributed by atoms with Crippen LogP contribution in [0.15, 0.2) is 12.2 Å². The molecule has 1 aliphatic heterocycles. The number of amides is 1. The number of fused-ring (bicyclic) bond motifs is 2. The van der Waals surface area contributed by atoms with E-state index in [9.17, 15) is 13.2 Å². The van der Waals surface area contributed by atoms with Crippen molar-refractivity contribution in [3.8, 4) is 0 Å². The predicted octanol–water partition coefficient (Wildman–Crippen LogP) is -0.250. The van der Waals surface area contributed by atoms with E-state index >= 15 is 0 Å². The summed E-state index contributed by atoms with van der Waals surface area (Å²) >= 11 is 0. The number of likely N-dealkylation sites (tertiary alicyclic amines) is 1. The van der Waals surface area contributed by atoms with E-state index in [0.29, 0.717) is 6.54 Å². The first-order valence-electron chi connectivity index (χ1n) is 4.80. The molecule has 1 aliphatic carbocycles. The molecule has 1 amide bonds. The van der Waals surface area contributed by atoms with Gasteiger partial charge in [0.15, 0.2) is 0 Å². The highest BCUT2D eigenvalue weighted by atomic mass is 32.2. The third-order valence-corrected chi connectivity index (χ3v) is 3.29. The number of rotatable bonds is 4. The van der Waals surface area contributed by atoms with E-state index in [2.05, 4.69) is 4.18 Å². The lowest BCUT2D eigenvalue weighted by Crippen LogP contribution is -2.37. The van der Waals surface area contributed by atoms with E-state index in [1.165, 1.54) is 0 Å². The zero-order valence-corrected chi connectivity index (χ0v) is 9.24. The molecule has 1 saturated heterocycles. The fourth-order valence-electron chi connectivity index (χ4n) is 2.03. The molecule has 0 aromatic rings. The summed E-state index contributed by atoms with van der Waals surface area (Å²) in [6.07, 6.45) is 5.75. The highest BCUT2D eigenvalue weighted by Gasteiger charge is 2.40. The van der Waals surface area contributed by atoms with Crippen molar-refractivity contribution in [2.45, 2.75) is 12.5 Å². The average molecular weight is 231 g/mol. The second-order valence-electron chi connectivity index (χ2n) is 3.85. The van der Waals surface area contributed by atoms with Crippen molar-refractivity contribution < 1.29 is 17.4 Å². The Balaban J connectivity index is 1.86. The first-order chi connectivity index (χ1) is 6.97. The van der Waals surface area contributed by atoms with Crippen LogP contribution < -0.4 is 0 Å². The highest BCUT2D eigenvalue weighted by Crippen LogP contribution is 2.32. The monoisotopic (exact) mass is 231 g/mol. The van der Waals surface area contributed by atoms with Crippen molar-refractivity contribution in [3.63, 3.8) is 0 Å². The van der Waals surface area contributed by atoms with Gasteiger partial charge in [0.2, 0.25) is 5.91 Å². The molecule has 5 nitrogen and oxygen atoms in total. The maximum Gasteiger partial charge on any atom is 0.264 e. The van der Waals surface area contributed by atoms with Gasteiger partial charge in [0.05, 0.1) is 24.8 Å². The molecule has 0 unspecified atom stereocenters. The smallest absolute Gasteiger partial charge is 0.264 e. The molecule has 15 heavy (non-hydrogen) atoms. The van der Waals surface area contributed by atoms with Crippen LogP contribution in [-0.4, -0.2) is 44.7 Å².